The molecule has 0 spiro atoms. The van der Waals surface area contributed by atoms with Crippen molar-refractivity contribution in [2.45, 2.75) is 25.0 Å². The average Bonchev–Trinajstić information content (AvgIpc) is 2.95. The summed E-state index contributed by atoms with van der Waals surface area (Å²) in [4.78, 5) is 1.46. The van der Waals surface area contributed by atoms with E-state index in [0.717, 1.165) is 0 Å². The van der Waals surface area contributed by atoms with Gasteiger partial charge in [-0.25, -0.2) is 13.1 Å². The predicted molar refractivity (Wildman–Crippen MR) is 65.5 cm³/mol. The molecule has 8 heteroatoms. The number of thiophene rings is 1. The van der Waals surface area contributed by atoms with Crippen molar-refractivity contribution in [1.29, 1.82) is 0 Å². The lowest BCUT2D eigenvalue weighted by atomic mass is 10.4. The van der Waals surface area contributed by atoms with E-state index in [1.165, 1.54) is 23.7 Å². The molecule has 6 nitrogen and oxygen atoms in total. The Morgan fingerprint density at radius 1 is 1.56 bits per heavy atom. The lowest BCUT2D eigenvalue weighted by Gasteiger charge is -2.03. The number of aryl methyl sites for hydroxylation is 1. The van der Waals surface area contributed by atoms with Gasteiger partial charge in [0.25, 0.3) is 0 Å². The number of sulfonamides is 1. The highest BCUT2D eigenvalue weighted by molar-refractivity contribution is 7.89. The van der Waals surface area contributed by atoms with Crippen LogP contribution in [-0.4, -0.2) is 18.7 Å². The highest BCUT2D eigenvalue weighted by atomic mass is 32.2. The Morgan fingerprint density at radius 3 is 2.89 bits per heavy atom. The molecule has 2 rings (SSSR count). The summed E-state index contributed by atoms with van der Waals surface area (Å²) >= 11 is 1.26. The van der Waals surface area contributed by atoms with Crippen molar-refractivity contribution in [2.24, 2.45) is 0 Å². The van der Waals surface area contributed by atoms with Crippen molar-refractivity contribution in [3.8, 4) is 0 Å². The van der Waals surface area contributed by atoms with Crippen molar-refractivity contribution < 1.29 is 18.0 Å². The van der Waals surface area contributed by atoms with E-state index in [2.05, 4.69) is 14.4 Å². The van der Waals surface area contributed by atoms with Crippen molar-refractivity contribution in [3.05, 3.63) is 33.8 Å². The summed E-state index contributed by atoms with van der Waals surface area (Å²) in [5.74, 6) is 0. The summed E-state index contributed by atoms with van der Waals surface area (Å²) < 4.78 is 31.1. The fourth-order valence-electron chi connectivity index (χ4n) is 1.44. The first-order valence-electron chi connectivity index (χ1n) is 5.12. The monoisotopic (exact) mass is 288 g/mol. The van der Waals surface area contributed by atoms with E-state index in [1.54, 1.807) is 13.0 Å². The van der Waals surface area contributed by atoms with Crippen LogP contribution in [0.4, 0.5) is 0 Å². The normalized spacial score (nSPS) is 11.9. The highest BCUT2D eigenvalue weighted by Crippen LogP contribution is 2.25. The highest BCUT2D eigenvalue weighted by Gasteiger charge is 2.19. The minimum absolute atomic E-state index is 0.0720. The molecule has 98 valence electrons. The fourth-order valence-corrected chi connectivity index (χ4v) is 3.94. The van der Waals surface area contributed by atoms with Crippen molar-refractivity contribution in [1.82, 2.24) is 9.88 Å². The molecular weight excluding hydrogens is 276 g/mol. The Hall–Kier alpha value is -1.22. The van der Waals surface area contributed by atoms with E-state index in [1.807, 2.05) is 0 Å². The lowest BCUT2D eigenvalue weighted by Crippen LogP contribution is -2.23. The molecule has 2 N–H and O–H groups in total. The van der Waals surface area contributed by atoms with Gasteiger partial charge < -0.3 is 9.63 Å². The second kappa shape index (κ2) is 5.19. The van der Waals surface area contributed by atoms with Gasteiger partial charge in [-0.1, -0.05) is 5.16 Å². The molecule has 0 amide bonds. The van der Waals surface area contributed by atoms with Crippen LogP contribution in [0.25, 0.3) is 0 Å². The molecule has 2 aromatic rings. The lowest BCUT2D eigenvalue weighted by molar-refractivity contribution is 0.285. The third-order valence-electron chi connectivity index (χ3n) is 2.30. The molecule has 2 aromatic heterocycles. The van der Waals surface area contributed by atoms with Crippen molar-refractivity contribution >= 4 is 21.4 Å². The van der Waals surface area contributed by atoms with Gasteiger partial charge in [0.1, 0.15) is 6.26 Å². The zero-order valence-corrected chi connectivity index (χ0v) is 11.2. The first-order valence-corrected chi connectivity index (χ1v) is 7.42. The molecule has 0 fully saturated rings. The van der Waals surface area contributed by atoms with Crippen LogP contribution < -0.4 is 4.72 Å². The molecule has 0 aliphatic carbocycles. The zero-order valence-electron chi connectivity index (χ0n) is 9.58. The summed E-state index contributed by atoms with van der Waals surface area (Å²) in [5, 5.41) is 12.6. The minimum Gasteiger partial charge on any atom is -0.391 e. The number of rotatable bonds is 5. The van der Waals surface area contributed by atoms with Gasteiger partial charge in [-0.2, -0.15) is 0 Å². The molecule has 2 heterocycles. The largest absolute Gasteiger partial charge is 0.391 e. The Bertz CT molecular complexity index is 616. The fraction of sp³-hybridized carbons (Fsp3) is 0.300. The van der Waals surface area contributed by atoms with Crippen LogP contribution in [0.3, 0.4) is 0 Å². The number of nitrogens with zero attached hydrogens (tertiary/aromatic N) is 1. The van der Waals surface area contributed by atoms with E-state index >= 15 is 0 Å². The Morgan fingerprint density at radius 2 is 2.33 bits per heavy atom. The van der Waals surface area contributed by atoms with E-state index in [0.29, 0.717) is 15.4 Å². The number of hydrogen-bond donors (Lipinski definition) is 2. The third kappa shape index (κ3) is 2.78. The maximum Gasteiger partial charge on any atom is 0.242 e. The zero-order chi connectivity index (χ0) is 13.2. The van der Waals surface area contributed by atoms with Gasteiger partial charge in [-0.3, -0.25) is 0 Å². The number of hydrogen-bond acceptors (Lipinski definition) is 6. The van der Waals surface area contributed by atoms with Crippen LogP contribution in [0.15, 0.2) is 27.8 Å². The summed E-state index contributed by atoms with van der Waals surface area (Å²) in [6.45, 7) is 1.61. The molecule has 0 aromatic carbocycles. The summed E-state index contributed by atoms with van der Waals surface area (Å²) in [7, 11) is -3.59. The smallest absolute Gasteiger partial charge is 0.242 e. The second-order valence-electron chi connectivity index (χ2n) is 3.61. The summed E-state index contributed by atoms with van der Waals surface area (Å²) in [5.41, 5.74) is 0.508. The van der Waals surface area contributed by atoms with E-state index in [-0.39, 0.29) is 18.0 Å². The molecule has 0 aliphatic rings. The second-order valence-corrected chi connectivity index (χ2v) is 6.68. The van der Waals surface area contributed by atoms with Crippen LogP contribution in [0.2, 0.25) is 0 Å². The van der Waals surface area contributed by atoms with Crippen LogP contribution >= 0.6 is 11.3 Å². The maximum absolute atomic E-state index is 12.0. The number of aromatic nitrogens is 1. The van der Waals surface area contributed by atoms with Gasteiger partial charge in [0.2, 0.25) is 10.0 Å². The number of aliphatic hydroxyl groups is 1. The minimum atomic E-state index is -3.59. The Balaban J connectivity index is 2.17. The van der Waals surface area contributed by atoms with Crippen LogP contribution in [-0.2, 0) is 23.2 Å². The average molecular weight is 288 g/mol. The van der Waals surface area contributed by atoms with E-state index < -0.39 is 10.0 Å². The van der Waals surface area contributed by atoms with Crippen molar-refractivity contribution in [3.63, 3.8) is 0 Å². The molecule has 0 bridgehead atoms. The van der Waals surface area contributed by atoms with Gasteiger partial charge in [0, 0.05) is 15.8 Å². The molecule has 0 saturated carbocycles. The van der Waals surface area contributed by atoms with Gasteiger partial charge in [0.15, 0.2) is 0 Å². The standard InChI is InChI=1S/C10H12N2O4S2/c1-7-10(4-9(6-13)17-7)18(14,15)11-5-8-2-3-16-12-8/h2-4,11,13H,5-6H2,1H3. The quantitative estimate of drug-likeness (QED) is 0.856. The third-order valence-corrected chi connectivity index (χ3v) is 5.00. The van der Waals surface area contributed by atoms with E-state index in [9.17, 15) is 8.42 Å². The summed E-state index contributed by atoms with van der Waals surface area (Å²) in [6, 6.07) is 3.06. The molecule has 0 aliphatic heterocycles. The number of nitrogens with one attached hydrogen (secondary N) is 1. The molecule has 0 atom stereocenters. The first-order chi connectivity index (χ1) is 8.53. The van der Waals surface area contributed by atoms with E-state index in [4.69, 9.17) is 5.11 Å². The molecule has 18 heavy (non-hydrogen) atoms. The molecule has 0 saturated heterocycles. The van der Waals surface area contributed by atoms with Crippen LogP contribution in [0.5, 0.6) is 0 Å². The number of aliphatic hydroxyl groups excluding tert-OH is 1. The first kappa shape index (κ1) is 13.2. The molecule has 0 unspecified atom stereocenters. The SMILES string of the molecule is Cc1sc(CO)cc1S(=O)(=O)NCc1ccon1. The van der Waals surface area contributed by atoms with Gasteiger partial charge in [0.05, 0.1) is 23.7 Å². The topological polar surface area (TPSA) is 92.4 Å². The maximum atomic E-state index is 12.0. The molecular formula is C10H12N2O4S2. The van der Waals surface area contributed by atoms with Gasteiger partial charge >= 0.3 is 0 Å². The van der Waals surface area contributed by atoms with Crippen LogP contribution in [0, 0.1) is 6.92 Å². The molecule has 0 radical (unpaired) electrons. The summed E-state index contributed by atoms with van der Waals surface area (Å²) in [6.07, 6.45) is 1.38. The van der Waals surface area contributed by atoms with Crippen LogP contribution in [0.1, 0.15) is 15.4 Å². The Labute approximate surface area is 108 Å². The predicted octanol–water partition coefficient (Wildman–Crippen LogP) is 1.02. The van der Waals surface area contributed by atoms with Gasteiger partial charge in [-0.15, -0.1) is 11.3 Å². The van der Waals surface area contributed by atoms with Crippen molar-refractivity contribution in [2.75, 3.05) is 0 Å². The Kier molecular flexibility index (Phi) is 3.81. The van der Waals surface area contributed by atoms with Gasteiger partial charge in [-0.05, 0) is 13.0 Å².